The molecule has 1 atom stereocenters. The van der Waals surface area contributed by atoms with Gasteiger partial charge in [0, 0.05) is 22.0 Å². The van der Waals surface area contributed by atoms with Gasteiger partial charge in [0.15, 0.2) is 0 Å². The SMILES string of the molecule is CCC(CO)c1nccc(-c2cc(Br)cs2)n1. The van der Waals surface area contributed by atoms with Crippen LogP contribution in [0.5, 0.6) is 0 Å². The van der Waals surface area contributed by atoms with Crippen LogP contribution in [0.25, 0.3) is 10.6 Å². The molecule has 0 saturated heterocycles. The van der Waals surface area contributed by atoms with Crippen LogP contribution >= 0.6 is 27.3 Å². The molecule has 0 bridgehead atoms. The molecule has 0 fully saturated rings. The van der Waals surface area contributed by atoms with Crippen molar-refractivity contribution in [1.82, 2.24) is 9.97 Å². The third kappa shape index (κ3) is 2.91. The Morgan fingerprint density at radius 3 is 2.94 bits per heavy atom. The van der Waals surface area contributed by atoms with Gasteiger partial charge in [0.1, 0.15) is 5.82 Å². The lowest BCUT2D eigenvalue weighted by Crippen LogP contribution is -2.07. The molecule has 2 aromatic heterocycles. The maximum Gasteiger partial charge on any atom is 0.134 e. The zero-order valence-electron chi connectivity index (χ0n) is 9.43. The van der Waals surface area contributed by atoms with Crippen LogP contribution in [0.1, 0.15) is 25.1 Å². The Morgan fingerprint density at radius 2 is 2.35 bits per heavy atom. The van der Waals surface area contributed by atoms with Crippen molar-refractivity contribution in [2.75, 3.05) is 6.61 Å². The Bertz CT molecular complexity index is 497. The van der Waals surface area contributed by atoms with E-state index in [1.165, 1.54) is 0 Å². The number of rotatable bonds is 4. The lowest BCUT2D eigenvalue weighted by atomic mass is 10.1. The van der Waals surface area contributed by atoms with Crippen LogP contribution in [0.4, 0.5) is 0 Å². The number of nitrogens with zero attached hydrogens (tertiary/aromatic N) is 2. The first-order valence-electron chi connectivity index (χ1n) is 5.42. The van der Waals surface area contributed by atoms with Crippen molar-refractivity contribution in [3.8, 4) is 10.6 Å². The van der Waals surface area contributed by atoms with Crippen molar-refractivity contribution in [3.63, 3.8) is 0 Å². The van der Waals surface area contributed by atoms with Crippen LogP contribution in [0.2, 0.25) is 0 Å². The highest BCUT2D eigenvalue weighted by molar-refractivity contribution is 9.10. The molecular formula is C12H13BrN2OS. The van der Waals surface area contributed by atoms with E-state index in [2.05, 4.69) is 25.9 Å². The predicted molar refractivity (Wildman–Crippen MR) is 73.2 cm³/mol. The number of hydrogen-bond donors (Lipinski definition) is 1. The van der Waals surface area contributed by atoms with Gasteiger partial charge in [-0.2, -0.15) is 0 Å². The molecule has 90 valence electrons. The van der Waals surface area contributed by atoms with E-state index >= 15 is 0 Å². The normalized spacial score (nSPS) is 12.6. The highest BCUT2D eigenvalue weighted by Crippen LogP contribution is 2.29. The van der Waals surface area contributed by atoms with E-state index in [1.807, 2.05) is 24.4 Å². The van der Waals surface area contributed by atoms with E-state index in [9.17, 15) is 5.11 Å². The molecule has 17 heavy (non-hydrogen) atoms. The fourth-order valence-electron chi connectivity index (χ4n) is 1.55. The lowest BCUT2D eigenvalue weighted by molar-refractivity contribution is 0.257. The first-order valence-corrected chi connectivity index (χ1v) is 7.10. The van der Waals surface area contributed by atoms with Crippen molar-refractivity contribution < 1.29 is 5.11 Å². The highest BCUT2D eigenvalue weighted by Gasteiger charge is 2.12. The van der Waals surface area contributed by atoms with Gasteiger partial charge < -0.3 is 5.11 Å². The Hall–Kier alpha value is -0.780. The molecule has 2 aromatic rings. The molecule has 0 aromatic carbocycles. The highest BCUT2D eigenvalue weighted by atomic mass is 79.9. The average molecular weight is 313 g/mol. The second-order valence-electron chi connectivity index (χ2n) is 3.72. The number of aliphatic hydroxyl groups is 1. The molecule has 0 aliphatic carbocycles. The summed E-state index contributed by atoms with van der Waals surface area (Å²) in [6, 6.07) is 3.93. The van der Waals surface area contributed by atoms with E-state index in [1.54, 1.807) is 17.5 Å². The zero-order chi connectivity index (χ0) is 12.3. The molecule has 3 nitrogen and oxygen atoms in total. The molecule has 0 saturated carbocycles. The summed E-state index contributed by atoms with van der Waals surface area (Å²) in [5.74, 6) is 0.746. The van der Waals surface area contributed by atoms with E-state index in [-0.39, 0.29) is 12.5 Å². The minimum Gasteiger partial charge on any atom is -0.396 e. The number of thiophene rings is 1. The summed E-state index contributed by atoms with van der Waals surface area (Å²) in [6.07, 6.45) is 2.59. The van der Waals surface area contributed by atoms with Crippen LogP contribution in [0.15, 0.2) is 28.2 Å². The molecule has 5 heteroatoms. The summed E-state index contributed by atoms with van der Waals surface area (Å²) < 4.78 is 1.06. The van der Waals surface area contributed by atoms with Gasteiger partial charge in [0.2, 0.25) is 0 Å². The van der Waals surface area contributed by atoms with Crippen molar-refractivity contribution in [1.29, 1.82) is 0 Å². The summed E-state index contributed by atoms with van der Waals surface area (Å²) in [5.41, 5.74) is 0.914. The number of aromatic nitrogens is 2. The molecule has 1 unspecified atom stereocenters. The quantitative estimate of drug-likeness (QED) is 0.940. The van der Waals surface area contributed by atoms with Gasteiger partial charge in [-0.3, -0.25) is 0 Å². The maximum atomic E-state index is 9.26. The average Bonchev–Trinajstić information content (AvgIpc) is 2.78. The molecule has 0 aliphatic heterocycles. The second kappa shape index (κ2) is 5.71. The number of aliphatic hydroxyl groups excluding tert-OH is 1. The van der Waals surface area contributed by atoms with Crippen LogP contribution in [-0.2, 0) is 0 Å². The Kier molecular flexibility index (Phi) is 4.25. The van der Waals surface area contributed by atoms with E-state index in [0.717, 1.165) is 27.3 Å². The van der Waals surface area contributed by atoms with Crippen molar-refractivity contribution >= 4 is 27.3 Å². The monoisotopic (exact) mass is 312 g/mol. The van der Waals surface area contributed by atoms with Gasteiger partial charge in [0.05, 0.1) is 17.2 Å². The summed E-state index contributed by atoms with van der Waals surface area (Å²) in [5, 5.41) is 11.3. The fourth-order valence-corrected chi connectivity index (χ4v) is 2.95. The van der Waals surface area contributed by atoms with Crippen molar-refractivity contribution in [2.45, 2.75) is 19.3 Å². The Balaban J connectivity index is 2.34. The largest absolute Gasteiger partial charge is 0.396 e. The predicted octanol–water partition coefficient (Wildman–Crippen LogP) is 3.45. The van der Waals surface area contributed by atoms with Gasteiger partial charge in [-0.1, -0.05) is 6.92 Å². The maximum absolute atomic E-state index is 9.26. The molecule has 2 rings (SSSR count). The zero-order valence-corrected chi connectivity index (χ0v) is 11.8. The minimum absolute atomic E-state index is 0.0263. The van der Waals surface area contributed by atoms with E-state index < -0.39 is 0 Å². The standard InChI is InChI=1S/C12H13BrN2OS/c1-2-8(6-16)12-14-4-3-10(15-12)11-5-9(13)7-17-11/h3-5,7-8,16H,2,6H2,1H3. The van der Waals surface area contributed by atoms with Crippen molar-refractivity contribution in [3.05, 3.63) is 34.0 Å². The smallest absolute Gasteiger partial charge is 0.134 e. The molecule has 0 radical (unpaired) electrons. The van der Waals surface area contributed by atoms with Crippen LogP contribution in [0, 0.1) is 0 Å². The van der Waals surface area contributed by atoms with Gasteiger partial charge in [-0.05, 0) is 34.5 Å². The van der Waals surface area contributed by atoms with Gasteiger partial charge in [0.25, 0.3) is 0 Å². The Morgan fingerprint density at radius 1 is 1.53 bits per heavy atom. The molecule has 2 heterocycles. The minimum atomic E-state index is 0.0263. The topological polar surface area (TPSA) is 46.0 Å². The molecule has 1 N–H and O–H groups in total. The summed E-state index contributed by atoms with van der Waals surface area (Å²) >= 11 is 5.07. The van der Waals surface area contributed by atoms with Crippen LogP contribution in [-0.4, -0.2) is 21.7 Å². The molecule has 0 amide bonds. The first kappa shape index (κ1) is 12.7. The van der Waals surface area contributed by atoms with Crippen LogP contribution in [0.3, 0.4) is 0 Å². The second-order valence-corrected chi connectivity index (χ2v) is 5.54. The van der Waals surface area contributed by atoms with Gasteiger partial charge in [-0.15, -0.1) is 11.3 Å². The number of halogens is 1. The summed E-state index contributed by atoms with van der Waals surface area (Å²) in [7, 11) is 0. The van der Waals surface area contributed by atoms with Gasteiger partial charge in [-0.25, -0.2) is 9.97 Å². The third-order valence-corrected chi connectivity index (χ3v) is 4.29. The fraction of sp³-hybridized carbons (Fsp3) is 0.333. The van der Waals surface area contributed by atoms with E-state index in [0.29, 0.717) is 0 Å². The number of hydrogen-bond acceptors (Lipinski definition) is 4. The molecule has 0 aliphatic rings. The summed E-state index contributed by atoms with van der Waals surface area (Å²) in [4.78, 5) is 9.86. The third-order valence-electron chi connectivity index (χ3n) is 2.57. The Labute approximate surface area is 113 Å². The first-order chi connectivity index (χ1) is 8.24. The molecule has 0 spiro atoms. The van der Waals surface area contributed by atoms with Crippen molar-refractivity contribution in [2.24, 2.45) is 0 Å². The molecular weight excluding hydrogens is 300 g/mol. The summed E-state index contributed by atoms with van der Waals surface area (Å²) in [6.45, 7) is 2.12. The van der Waals surface area contributed by atoms with Gasteiger partial charge >= 0.3 is 0 Å². The lowest BCUT2D eigenvalue weighted by Gasteiger charge is -2.10. The van der Waals surface area contributed by atoms with E-state index in [4.69, 9.17) is 0 Å². The van der Waals surface area contributed by atoms with Crippen LogP contribution < -0.4 is 0 Å².